The van der Waals surface area contributed by atoms with E-state index in [9.17, 15) is 0 Å². The molecule has 2 N–H and O–H groups in total. The maximum Gasteiger partial charge on any atom is 0.129 e. The molecule has 0 saturated heterocycles. The molecular weight excluding hydrogens is 392 g/mol. The standard InChI is InChI=1S/C24H30N4OS/c1-4-28-24-21(22(27-28)20-9-5-6-12-25-20)23(30-15-17(3)26-24)19-11-10-18(8-7-13-29)14-16(19)2/h5-6,9-12,14,17,23,26,29H,4,7-8,13,15H2,1-3H3/t17-,23+/m1/s1. The molecule has 3 aromatic rings. The smallest absolute Gasteiger partial charge is 0.129 e. The fourth-order valence-corrected chi connectivity index (χ4v) is 5.51. The average Bonchev–Trinajstić information content (AvgIpc) is 3.03. The van der Waals surface area contributed by atoms with Crippen molar-refractivity contribution < 1.29 is 5.11 Å². The number of aliphatic hydroxyl groups is 1. The number of thioether (sulfide) groups is 1. The first-order valence-corrected chi connectivity index (χ1v) is 11.8. The fourth-order valence-electron chi connectivity index (χ4n) is 4.11. The zero-order chi connectivity index (χ0) is 21.1. The number of nitrogens with one attached hydrogen (secondary N) is 1. The van der Waals surface area contributed by atoms with Crippen molar-refractivity contribution in [2.75, 3.05) is 17.7 Å². The number of pyridine rings is 1. The van der Waals surface area contributed by atoms with E-state index in [0.29, 0.717) is 6.04 Å². The quantitative estimate of drug-likeness (QED) is 0.595. The topological polar surface area (TPSA) is 63.0 Å². The van der Waals surface area contributed by atoms with Crippen molar-refractivity contribution in [3.63, 3.8) is 0 Å². The molecule has 1 aromatic carbocycles. The molecule has 4 rings (SSSR count). The van der Waals surface area contributed by atoms with Crippen molar-refractivity contribution in [2.24, 2.45) is 0 Å². The Kier molecular flexibility index (Phi) is 6.44. The Labute approximate surface area is 182 Å². The Bertz CT molecular complexity index is 1000. The molecule has 0 saturated carbocycles. The fraction of sp³-hybridized carbons (Fsp3) is 0.417. The van der Waals surface area contributed by atoms with Gasteiger partial charge in [0.15, 0.2) is 0 Å². The minimum Gasteiger partial charge on any atom is -0.396 e. The molecule has 30 heavy (non-hydrogen) atoms. The Morgan fingerprint density at radius 3 is 2.83 bits per heavy atom. The Balaban J connectivity index is 1.85. The monoisotopic (exact) mass is 422 g/mol. The van der Waals surface area contributed by atoms with Crippen molar-refractivity contribution in [1.29, 1.82) is 0 Å². The highest BCUT2D eigenvalue weighted by molar-refractivity contribution is 7.99. The molecule has 0 bridgehead atoms. The summed E-state index contributed by atoms with van der Waals surface area (Å²) < 4.78 is 2.08. The zero-order valence-corrected chi connectivity index (χ0v) is 18.7. The van der Waals surface area contributed by atoms with Gasteiger partial charge in [0, 0.05) is 36.7 Å². The van der Waals surface area contributed by atoms with Gasteiger partial charge >= 0.3 is 0 Å². The predicted molar refractivity (Wildman–Crippen MR) is 125 cm³/mol. The van der Waals surface area contributed by atoms with Crippen molar-refractivity contribution in [2.45, 2.75) is 51.4 Å². The van der Waals surface area contributed by atoms with Crippen LogP contribution in [-0.4, -0.2) is 38.3 Å². The number of hydrogen-bond donors (Lipinski definition) is 2. The summed E-state index contributed by atoms with van der Waals surface area (Å²) in [6, 6.07) is 13.1. The molecule has 0 aliphatic carbocycles. The molecule has 6 heteroatoms. The first-order valence-electron chi connectivity index (χ1n) is 10.7. The van der Waals surface area contributed by atoms with Gasteiger partial charge in [-0.15, -0.1) is 11.8 Å². The number of aliphatic hydroxyl groups excluding tert-OH is 1. The summed E-state index contributed by atoms with van der Waals surface area (Å²) in [5, 5.41) is 18.0. The average molecular weight is 423 g/mol. The van der Waals surface area contributed by atoms with E-state index in [4.69, 9.17) is 10.2 Å². The van der Waals surface area contributed by atoms with Crippen LogP contribution in [0.2, 0.25) is 0 Å². The number of anilines is 1. The van der Waals surface area contributed by atoms with E-state index in [-0.39, 0.29) is 11.9 Å². The van der Waals surface area contributed by atoms with Crippen LogP contribution in [0.15, 0.2) is 42.6 Å². The van der Waals surface area contributed by atoms with E-state index < -0.39 is 0 Å². The molecule has 1 aliphatic rings. The van der Waals surface area contributed by atoms with Crippen LogP contribution in [0.4, 0.5) is 5.82 Å². The van der Waals surface area contributed by atoms with Crippen LogP contribution >= 0.6 is 11.8 Å². The summed E-state index contributed by atoms with van der Waals surface area (Å²) in [5.74, 6) is 2.14. The lowest BCUT2D eigenvalue weighted by Gasteiger charge is -2.19. The van der Waals surface area contributed by atoms with E-state index in [2.05, 4.69) is 54.0 Å². The Morgan fingerprint density at radius 1 is 1.27 bits per heavy atom. The van der Waals surface area contributed by atoms with Crippen LogP contribution in [0.5, 0.6) is 0 Å². The lowest BCUT2D eigenvalue weighted by atomic mass is 9.95. The van der Waals surface area contributed by atoms with E-state index in [1.807, 2.05) is 36.2 Å². The molecule has 0 radical (unpaired) electrons. The molecule has 3 heterocycles. The highest BCUT2D eigenvalue weighted by atomic mass is 32.2. The summed E-state index contributed by atoms with van der Waals surface area (Å²) in [6.07, 6.45) is 3.55. The van der Waals surface area contributed by atoms with Crippen LogP contribution < -0.4 is 5.32 Å². The SMILES string of the molecule is CCn1nc(-c2ccccn2)c2c1N[C@H](C)CS[C@H]2c1ccc(CCCO)cc1C. The van der Waals surface area contributed by atoms with Gasteiger partial charge in [0.2, 0.25) is 0 Å². The van der Waals surface area contributed by atoms with Gasteiger partial charge in [-0.1, -0.05) is 24.3 Å². The minimum absolute atomic E-state index is 0.196. The number of aryl methyl sites for hydroxylation is 3. The third-order valence-corrected chi connectivity index (χ3v) is 7.11. The maximum absolute atomic E-state index is 9.16. The molecule has 2 atom stereocenters. The highest BCUT2D eigenvalue weighted by Crippen LogP contribution is 2.47. The van der Waals surface area contributed by atoms with Crippen LogP contribution in [0.1, 0.15) is 47.8 Å². The van der Waals surface area contributed by atoms with Crippen molar-refractivity contribution in [3.05, 3.63) is 64.8 Å². The van der Waals surface area contributed by atoms with Gasteiger partial charge in [0.05, 0.1) is 10.9 Å². The second-order valence-corrected chi connectivity index (χ2v) is 9.06. The second kappa shape index (κ2) is 9.23. The molecule has 158 valence electrons. The molecule has 0 amide bonds. The summed E-state index contributed by atoms with van der Waals surface area (Å²) in [4.78, 5) is 4.62. The number of nitrogens with zero attached hydrogens (tertiary/aromatic N) is 3. The van der Waals surface area contributed by atoms with Crippen LogP contribution in [-0.2, 0) is 13.0 Å². The number of benzene rings is 1. The lowest BCUT2D eigenvalue weighted by Crippen LogP contribution is -2.19. The molecule has 1 aliphatic heterocycles. The summed E-state index contributed by atoms with van der Waals surface area (Å²) >= 11 is 1.97. The van der Waals surface area contributed by atoms with E-state index in [1.54, 1.807) is 0 Å². The molecule has 0 unspecified atom stereocenters. The number of rotatable bonds is 6. The molecule has 5 nitrogen and oxygen atoms in total. The first-order chi connectivity index (χ1) is 14.6. The van der Waals surface area contributed by atoms with Crippen LogP contribution in [0.25, 0.3) is 11.4 Å². The minimum atomic E-state index is 0.196. The Hall–Kier alpha value is -2.31. The third-order valence-electron chi connectivity index (χ3n) is 5.59. The zero-order valence-electron chi connectivity index (χ0n) is 17.9. The Morgan fingerprint density at radius 2 is 2.13 bits per heavy atom. The van der Waals surface area contributed by atoms with E-state index in [1.165, 1.54) is 22.3 Å². The van der Waals surface area contributed by atoms with Crippen molar-refractivity contribution in [3.8, 4) is 11.4 Å². The van der Waals surface area contributed by atoms with Gasteiger partial charge in [0.25, 0.3) is 0 Å². The van der Waals surface area contributed by atoms with Gasteiger partial charge in [-0.25, -0.2) is 4.68 Å². The predicted octanol–water partition coefficient (Wildman–Crippen LogP) is 4.83. The van der Waals surface area contributed by atoms with Crippen molar-refractivity contribution >= 4 is 17.6 Å². The maximum atomic E-state index is 9.16. The van der Waals surface area contributed by atoms with Gasteiger partial charge in [-0.05, 0) is 62.4 Å². The lowest BCUT2D eigenvalue weighted by molar-refractivity contribution is 0.288. The van der Waals surface area contributed by atoms with Gasteiger partial charge < -0.3 is 10.4 Å². The summed E-state index contributed by atoms with van der Waals surface area (Å²) in [6.45, 7) is 7.61. The molecule has 2 aromatic heterocycles. The second-order valence-electron chi connectivity index (χ2n) is 7.92. The molecule has 0 fully saturated rings. The molecule has 0 spiro atoms. The van der Waals surface area contributed by atoms with Crippen molar-refractivity contribution in [1.82, 2.24) is 14.8 Å². The van der Waals surface area contributed by atoms with Gasteiger partial charge in [-0.2, -0.15) is 5.10 Å². The third kappa shape index (κ3) is 4.12. The normalized spacial score (nSPS) is 18.5. The highest BCUT2D eigenvalue weighted by Gasteiger charge is 2.32. The van der Waals surface area contributed by atoms with E-state index >= 15 is 0 Å². The largest absolute Gasteiger partial charge is 0.396 e. The van der Waals surface area contributed by atoms with Gasteiger partial charge in [-0.3, -0.25) is 4.98 Å². The number of hydrogen-bond acceptors (Lipinski definition) is 5. The van der Waals surface area contributed by atoms with Gasteiger partial charge in [0.1, 0.15) is 11.5 Å². The van der Waals surface area contributed by atoms with Crippen LogP contribution in [0.3, 0.4) is 0 Å². The molecular formula is C24H30N4OS. The summed E-state index contributed by atoms with van der Waals surface area (Å²) in [7, 11) is 0. The number of fused-ring (bicyclic) bond motifs is 1. The first kappa shape index (κ1) is 20.9. The van der Waals surface area contributed by atoms with Crippen LogP contribution in [0, 0.1) is 6.92 Å². The number of aromatic nitrogens is 3. The summed E-state index contributed by atoms with van der Waals surface area (Å²) in [5.41, 5.74) is 7.02. The van der Waals surface area contributed by atoms with E-state index in [0.717, 1.165) is 42.3 Å².